The summed E-state index contributed by atoms with van der Waals surface area (Å²) in [6.07, 6.45) is 2.05. The van der Waals surface area contributed by atoms with Crippen LogP contribution >= 0.6 is 11.3 Å². The Balaban J connectivity index is 1.69. The van der Waals surface area contributed by atoms with Gasteiger partial charge >= 0.3 is 0 Å². The molecule has 1 amide bonds. The fourth-order valence-corrected chi connectivity index (χ4v) is 4.55. The lowest BCUT2D eigenvalue weighted by Gasteiger charge is -2.16. The first-order valence-electron chi connectivity index (χ1n) is 8.86. The van der Waals surface area contributed by atoms with Crippen LogP contribution in [0.15, 0.2) is 29.1 Å². The average molecular weight is 371 g/mol. The van der Waals surface area contributed by atoms with Crippen molar-refractivity contribution in [3.63, 3.8) is 0 Å². The van der Waals surface area contributed by atoms with Gasteiger partial charge in [0.2, 0.25) is 5.91 Å². The largest absolute Gasteiger partial charge is 0.376 e. The van der Waals surface area contributed by atoms with E-state index in [0.29, 0.717) is 11.9 Å². The molecule has 1 aliphatic rings. The van der Waals surface area contributed by atoms with Crippen LogP contribution in [0.2, 0.25) is 0 Å². The molecule has 2 atom stereocenters. The molecule has 2 unspecified atom stereocenters. The highest BCUT2D eigenvalue weighted by Gasteiger charge is 2.23. The van der Waals surface area contributed by atoms with Gasteiger partial charge in [-0.1, -0.05) is 18.2 Å². The predicted molar refractivity (Wildman–Crippen MR) is 103 cm³/mol. The fraction of sp³-hybridized carbons (Fsp3) is 0.421. The number of carbonyl (C=O) groups is 1. The molecule has 1 N–H and O–H groups in total. The van der Waals surface area contributed by atoms with Crippen molar-refractivity contribution in [2.45, 2.75) is 38.8 Å². The minimum absolute atomic E-state index is 0.0702. The first kappa shape index (κ1) is 17.2. The van der Waals surface area contributed by atoms with Gasteiger partial charge in [0.1, 0.15) is 6.04 Å². The zero-order chi connectivity index (χ0) is 18.3. The van der Waals surface area contributed by atoms with Gasteiger partial charge in [-0.05, 0) is 32.8 Å². The van der Waals surface area contributed by atoms with Gasteiger partial charge in [0.05, 0.1) is 21.9 Å². The summed E-state index contributed by atoms with van der Waals surface area (Å²) in [4.78, 5) is 25.6. The van der Waals surface area contributed by atoms with Crippen LogP contribution in [0.3, 0.4) is 0 Å². The molecule has 4 rings (SSSR count). The molecule has 3 aromatic rings. The van der Waals surface area contributed by atoms with E-state index in [1.54, 1.807) is 18.3 Å². The van der Waals surface area contributed by atoms with Crippen molar-refractivity contribution < 1.29 is 9.53 Å². The zero-order valence-electron chi connectivity index (χ0n) is 14.8. The molecule has 1 aliphatic heterocycles. The summed E-state index contributed by atoms with van der Waals surface area (Å²) in [5.41, 5.74) is 0.544. The third-order valence-electron chi connectivity index (χ3n) is 4.88. The maximum atomic E-state index is 13.1. The predicted octanol–water partition coefficient (Wildman–Crippen LogP) is 2.78. The van der Waals surface area contributed by atoms with Crippen LogP contribution in [0.25, 0.3) is 20.2 Å². The second-order valence-electron chi connectivity index (χ2n) is 6.69. The van der Waals surface area contributed by atoms with Crippen molar-refractivity contribution in [2.75, 3.05) is 13.2 Å². The van der Waals surface area contributed by atoms with Crippen LogP contribution < -0.4 is 10.9 Å². The first-order chi connectivity index (χ1) is 12.6. The van der Waals surface area contributed by atoms with Crippen molar-refractivity contribution in [1.82, 2.24) is 15.1 Å². The van der Waals surface area contributed by atoms with Crippen LogP contribution in [0.1, 0.15) is 31.5 Å². The SMILES string of the molecule is Cc1nn(C(C)C(=O)NCC2CCCO2)c(=O)c2c1sc1ccccc12. The van der Waals surface area contributed by atoms with E-state index < -0.39 is 6.04 Å². The van der Waals surface area contributed by atoms with Crippen molar-refractivity contribution in [3.05, 3.63) is 40.3 Å². The van der Waals surface area contributed by atoms with E-state index in [0.717, 1.165) is 39.9 Å². The molecular weight excluding hydrogens is 350 g/mol. The highest BCUT2D eigenvalue weighted by Crippen LogP contribution is 2.32. The van der Waals surface area contributed by atoms with Crippen molar-refractivity contribution in [3.8, 4) is 0 Å². The quantitative estimate of drug-likeness (QED) is 0.765. The Labute approximate surface area is 154 Å². The second kappa shape index (κ2) is 6.81. The van der Waals surface area contributed by atoms with E-state index in [1.165, 1.54) is 4.68 Å². The van der Waals surface area contributed by atoms with Crippen LogP contribution in [0, 0.1) is 6.92 Å². The monoisotopic (exact) mass is 371 g/mol. The van der Waals surface area contributed by atoms with Crippen LogP contribution in [0.5, 0.6) is 0 Å². The number of ether oxygens (including phenoxy) is 1. The standard InChI is InChI=1S/C19H21N3O3S/c1-11-17-16(14-7-3-4-8-15(14)26-17)19(24)22(21-11)12(2)18(23)20-10-13-6-5-9-25-13/h3-4,7-8,12-13H,5-6,9-10H2,1-2H3,(H,20,23). The number of thiophene rings is 1. The van der Waals surface area contributed by atoms with Gasteiger partial charge in [-0.2, -0.15) is 5.10 Å². The van der Waals surface area contributed by atoms with Crippen LogP contribution in [-0.4, -0.2) is 34.9 Å². The fourth-order valence-electron chi connectivity index (χ4n) is 3.42. The summed E-state index contributed by atoms with van der Waals surface area (Å²) >= 11 is 1.57. The van der Waals surface area contributed by atoms with E-state index in [2.05, 4.69) is 10.4 Å². The smallest absolute Gasteiger partial charge is 0.276 e. The summed E-state index contributed by atoms with van der Waals surface area (Å²) < 4.78 is 8.78. The Morgan fingerprint density at radius 2 is 2.27 bits per heavy atom. The Morgan fingerprint density at radius 1 is 1.46 bits per heavy atom. The third-order valence-corrected chi connectivity index (χ3v) is 6.16. The molecule has 2 aromatic heterocycles. The average Bonchev–Trinajstić information content (AvgIpc) is 3.29. The number of fused-ring (bicyclic) bond motifs is 3. The summed E-state index contributed by atoms with van der Waals surface area (Å²) in [6, 6.07) is 7.15. The molecule has 0 saturated carbocycles. The Bertz CT molecular complexity index is 1030. The van der Waals surface area contributed by atoms with Crippen molar-refractivity contribution in [1.29, 1.82) is 0 Å². The molecule has 0 bridgehead atoms. The lowest BCUT2D eigenvalue weighted by molar-refractivity contribution is -0.124. The van der Waals surface area contributed by atoms with Gasteiger partial charge < -0.3 is 10.1 Å². The van der Waals surface area contributed by atoms with Gasteiger partial charge in [0.15, 0.2) is 0 Å². The Kier molecular flexibility index (Phi) is 4.50. The maximum Gasteiger partial charge on any atom is 0.276 e. The molecule has 0 spiro atoms. The zero-order valence-corrected chi connectivity index (χ0v) is 15.6. The van der Waals surface area contributed by atoms with Crippen LogP contribution in [-0.2, 0) is 9.53 Å². The molecule has 7 heteroatoms. The second-order valence-corrected chi connectivity index (χ2v) is 7.75. The minimum atomic E-state index is -0.675. The lowest BCUT2D eigenvalue weighted by atomic mass is 10.2. The minimum Gasteiger partial charge on any atom is -0.376 e. The normalized spacial score (nSPS) is 18.5. The van der Waals surface area contributed by atoms with Gasteiger partial charge in [0.25, 0.3) is 5.56 Å². The number of nitrogens with zero attached hydrogens (tertiary/aromatic N) is 2. The Morgan fingerprint density at radius 3 is 3.04 bits per heavy atom. The number of aryl methyl sites for hydroxylation is 1. The van der Waals surface area contributed by atoms with E-state index in [4.69, 9.17) is 4.74 Å². The summed E-state index contributed by atoms with van der Waals surface area (Å²) in [7, 11) is 0. The number of hydrogen-bond donors (Lipinski definition) is 1. The number of nitrogens with one attached hydrogen (secondary N) is 1. The van der Waals surface area contributed by atoms with E-state index >= 15 is 0 Å². The van der Waals surface area contributed by atoms with Crippen molar-refractivity contribution >= 4 is 37.4 Å². The molecule has 0 aliphatic carbocycles. The summed E-state index contributed by atoms with van der Waals surface area (Å²) in [6.45, 7) is 4.81. The van der Waals surface area contributed by atoms with Crippen LogP contribution in [0.4, 0.5) is 0 Å². The van der Waals surface area contributed by atoms with Gasteiger partial charge in [-0.15, -0.1) is 11.3 Å². The maximum absolute atomic E-state index is 13.1. The van der Waals surface area contributed by atoms with Gasteiger partial charge in [-0.25, -0.2) is 4.68 Å². The summed E-state index contributed by atoms with van der Waals surface area (Å²) in [5, 5.41) is 8.88. The number of amides is 1. The molecule has 1 saturated heterocycles. The topological polar surface area (TPSA) is 73.2 Å². The van der Waals surface area contributed by atoms with Gasteiger partial charge in [0, 0.05) is 23.2 Å². The number of hydrogen-bond acceptors (Lipinski definition) is 5. The number of benzene rings is 1. The van der Waals surface area contributed by atoms with Crippen molar-refractivity contribution in [2.24, 2.45) is 0 Å². The molecule has 136 valence electrons. The van der Waals surface area contributed by atoms with E-state index in [9.17, 15) is 9.59 Å². The highest BCUT2D eigenvalue weighted by atomic mass is 32.1. The molecular formula is C19H21N3O3S. The van der Waals surface area contributed by atoms with E-state index in [-0.39, 0.29) is 17.6 Å². The third kappa shape index (κ3) is 2.91. The van der Waals surface area contributed by atoms with Gasteiger partial charge in [-0.3, -0.25) is 9.59 Å². The lowest BCUT2D eigenvalue weighted by Crippen LogP contribution is -2.40. The number of aromatic nitrogens is 2. The number of rotatable bonds is 4. The molecule has 3 heterocycles. The Hall–Kier alpha value is -2.25. The molecule has 26 heavy (non-hydrogen) atoms. The summed E-state index contributed by atoms with van der Waals surface area (Å²) in [5.74, 6) is -0.214. The molecule has 1 aromatic carbocycles. The van der Waals surface area contributed by atoms with E-state index in [1.807, 2.05) is 31.2 Å². The highest BCUT2D eigenvalue weighted by molar-refractivity contribution is 7.26. The number of carbonyl (C=O) groups excluding carboxylic acids is 1. The molecule has 6 nitrogen and oxygen atoms in total. The first-order valence-corrected chi connectivity index (χ1v) is 9.68. The molecule has 0 radical (unpaired) electrons. The molecule has 1 fully saturated rings.